The van der Waals surface area contributed by atoms with Crippen molar-refractivity contribution in [1.29, 1.82) is 0 Å². The third-order valence-electron chi connectivity index (χ3n) is 2.35. The standard InChI is InChI=1S/C11H17N3O3S/c1-11(2,3)14(5-4-8(15)16)9(17)7-6-18-10(12)13-7/h6H,4-5H2,1-3H3,(H2,12,13)(H,15,16). The van der Waals surface area contributed by atoms with Gasteiger partial charge in [0.2, 0.25) is 0 Å². The number of nitrogens with zero attached hydrogens (tertiary/aromatic N) is 2. The van der Waals surface area contributed by atoms with Gasteiger partial charge in [-0.25, -0.2) is 4.98 Å². The maximum absolute atomic E-state index is 12.2. The number of amides is 1. The number of rotatable bonds is 4. The van der Waals surface area contributed by atoms with Crippen molar-refractivity contribution < 1.29 is 14.7 Å². The molecule has 0 radical (unpaired) electrons. The number of hydrogen-bond donors (Lipinski definition) is 2. The number of carbonyl (C=O) groups is 2. The van der Waals surface area contributed by atoms with Crippen molar-refractivity contribution >= 4 is 28.3 Å². The van der Waals surface area contributed by atoms with Crippen molar-refractivity contribution in [2.75, 3.05) is 12.3 Å². The van der Waals surface area contributed by atoms with Gasteiger partial charge in [-0.15, -0.1) is 11.3 Å². The number of carboxylic acid groups (broad SMARTS) is 1. The molecule has 100 valence electrons. The van der Waals surface area contributed by atoms with Gasteiger partial charge < -0.3 is 15.7 Å². The molecule has 0 aliphatic rings. The molecule has 1 aromatic rings. The first kappa shape index (κ1) is 14.4. The van der Waals surface area contributed by atoms with E-state index >= 15 is 0 Å². The lowest BCUT2D eigenvalue weighted by molar-refractivity contribution is -0.137. The molecule has 7 heteroatoms. The molecule has 3 N–H and O–H groups in total. The predicted molar refractivity (Wildman–Crippen MR) is 69.6 cm³/mol. The minimum atomic E-state index is -0.935. The number of aliphatic carboxylic acids is 1. The van der Waals surface area contributed by atoms with E-state index in [-0.39, 0.29) is 24.6 Å². The van der Waals surface area contributed by atoms with Crippen LogP contribution < -0.4 is 5.73 Å². The highest BCUT2D eigenvalue weighted by atomic mass is 32.1. The molecule has 18 heavy (non-hydrogen) atoms. The Hall–Kier alpha value is -1.63. The Balaban J connectivity index is 2.89. The van der Waals surface area contributed by atoms with Crippen molar-refractivity contribution in [2.45, 2.75) is 32.7 Å². The summed E-state index contributed by atoms with van der Waals surface area (Å²) in [4.78, 5) is 28.3. The molecule has 1 heterocycles. The fourth-order valence-corrected chi connectivity index (χ4v) is 2.01. The highest BCUT2D eigenvalue weighted by molar-refractivity contribution is 7.13. The number of carbonyl (C=O) groups excluding carboxylic acids is 1. The zero-order valence-corrected chi connectivity index (χ0v) is 11.5. The van der Waals surface area contributed by atoms with Crippen LogP contribution in [0.2, 0.25) is 0 Å². The molecule has 0 aromatic carbocycles. The molecule has 0 atom stereocenters. The van der Waals surface area contributed by atoms with E-state index < -0.39 is 11.5 Å². The Morgan fingerprint density at radius 1 is 1.50 bits per heavy atom. The van der Waals surface area contributed by atoms with Gasteiger partial charge in [0.05, 0.1) is 6.42 Å². The average molecular weight is 271 g/mol. The van der Waals surface area contributed by atoms with E-state index in [9.17, 15) is 9.59 Å². The average Bonchev–Trinajstić information content (AvgIpc) is 2.62. The van der Waals surface area contributed by atoms with E-state index in [0.29, 0.717) is 5.13 Å². The van der Waals surface area contributed by atoms with Crippen LogP contribution in [0, 0.1) is 0 Å². The minimum absolute atomic E-state index is 0.0946. The molecule has 1 aromatic heterocycles. The van der Waals surface area contributed by atoms with Crippen molar-refractivity contribution in [3.05, 3.63) is 11.1 Å². The summed E-state index contributed by atoms with van der Waals surface area (Å²) in [6, 6.07) is 0. The summed E-state index contributed by atoms with van der Waals surface area (Å²) in [6.45, 7) is 5.70. The van der Waals surface area contributed by atoms with Gasteiger partial charge in [0.1, 0.15) is 5.69 Å². The number of hydrogen-bond acceptors (Lipinski definition) is 5. The van der Waals surface area contributed by atoms with Gasteiger partial charge in [0.25, 0.3) is 5.91 Å². The van der Waals surface area contributed by atoms with Crippen LogP contribution in [-0.2, 0) is 4.79 Å². The Kier molecular flexibility index (Phi) is 4.28. The fraction of sp³-hybridized carbons (Fsp3) is 0.545. The van der Waals surface area contributed by atoms with E-state index in [4.69, 9.17) is 10.8 Å². The second kappa shape index (κ2) is 5.34. The Labute approximate surface area is 109 Å². The van der Waals surface area contributed by atoms with E-state index in [1.54, 1.807) is 5.38 Å². The number of carboxylic acids is 1. The lowest BCUT2D eigenvalue weighted by Gasteiger charge is -2.34. The van der Waals surface area contributed by atoms with Crippen molar-refractivity contribution in [1.82, 2.24) is 9.88 Å². The van der Waals surface area contributed by atoms with Crippen molar-refractivity contribution in [3.8, 4) is 0 Å². The van der Waals surface area contributed by atoms with Crippen LogP contribution in [0.3, 0.4) is 0 Å². The van der Waals surface area contributed by atoms with E-state index in [2.05, 4.69) is 4.98 Å². The first-order valence-corrected chi connectivity index (χ1v) is 6.34. The van der Waals surface area contributed by atoms with E-state index in [1.807, 2.05) is 20.8 Å². The fourth-order valence-electron chi connectivity index (χ4n) is 1.47. The lowest BCUT2D eigenvalue weighted by Crippen LogP contribution is -2.46. The van der Waals surface area contributed by atoms with E-state index in [1.165, 1.54) is 16.2 Å². The van der Waals surface area contributed by atoms with Crippen LogP contribution in [-0.4, -0.2) is 39.0 Å². The number of aromatic nitrogens is 1. The number of nitrogens with two attached hydrogens (primary N) is 1. The summed E-state index contributed by atoms with van der Waals surface area (Å²) in [6.07, 6.45) is -0.0946. The highest BCUT2D eigenvalue weighted by Crippen LogP contribution is 2.20. The van der Waals surface area contributed by atoms with Crippen molar-refractivity contribution in [3.63, 3.8) is 0 Å². The van der Waals surface area contributed by atoms with Crippen LogP contribution in [0.4, 0.5) is 5.13 Å². The molecule has 0 fully saturated rings. The normalized spacial score (nSPS) is 11.3. The van der Waals surface area contributed by atoms with Crippen molar-refractivity contribution in [2.24, 2.45) is 0 Å². The topological polar surface area (TPSA) is 96.5 Å². The largest absolute Gasteiger partial charge is 0.481 e. The molecule has 6 nitrogen and oxygen atoms in total. The Bertz CT molecular complexity index is 451. The zero-order valence-electron chi connectivity index (χ0n) is 10.6. The maximum atomic E-state index is 12.2. The molecule has 0 unspecified atom stereocenters. The molecule has 0 saturated carbocycles. The van der Waals surface area contributed by atoms with Crippen LogP contribution in [0.25, 0.3) is 0 Å². The summed E-state index contributed by atoms with van der Waals surface area (Å²) in [7, 11) is 0. The third-order valence-corrected chi connectivity index (χ3v) is 3.02. The molecule has 0 aliphatic heterocycles. The Morgan fingerprint density at radius 2 is 2.11 bits per heavy atom. The molecule has 1 rings (SSSR count). The summed E-state index contributed by atoms with van der Waals surface area (Å²) in [5.41, 5.74) is 5.28. The predicted octanol–water partition coefficient (Wildman–Crippen LogP) is 1.44. The summed E-state index contributed by atoms with van der Waals surface area (Å²) < 4.78 is 0. The Morgan fingerprint density at radius 3 is 2.50 bits per heavy atom. The van der Waals surface area contributed by atoms with Gasteiger partial charge in [0, 0.05) is 17.5 Å². The monoisotopic (exact) mass is 271 g/mol. The molecular weight excluding hydrogens is 254 g/mol. The molecular formula is C11H17N3O3S. The second-order valence-corrected chi connectivity index (χ2v) is 5.73. The first-order valence-electron chi connectivity index (χ1n) is 5.46. The highest BCUT2D eigenvalue weighted by Gasteiger charge is 2.28. The zero-order chi connectivity index (χ0) is 13.9. The lowest BCUT2D eigenvalue weighted by atomic mass is 10.0. The second-order valence-electron chi connectivity index (χ2n) is 4.84. The molecule has 1 amide bonds. The first-order chi connectivity index (χ1) is 8.21. The molecule has 0 spiro atoms. The molecule has 0 saturated heterocycles. The van der Waals surface area contributed by atoms with Gasteiger partial charge in [0.15, 0.2) is 5.13 Å². The van der Waals surface area contributed by atoms with Gasteiger partial charge in [-0.2, -0.15) is 0 Å². The van der Waals surface area contributed by atoms with Gasteiger partial charge in [-0.3, -0.25) is 9.59 Å². The number of nitrogen functional groups attached to an aromatic ring is 1. The van der Waals surface area contributed by atoms with Crippen LogP contribution in [0.1, 0.15) is 37.7 Å². The van der Waals surface area contributed by atoms with Gasteiger partial charge >= 0.3 is 5.97 Å². The van der Waals surface area contributed by atoms with Crippen LogP contribution in [0.15, 0.2) is 5.38 Å². The number of anilines is 1. The quantitative estimate of drug-likeness (QED) is 0.863. The number of thiazole rings is 1. The maximum Gasteiger partial charge on any atom is 0.305 e. The summed E-state index contributed by atoms with van der Waals surface area (Å²) in [5, 5.41) is 10.6. The van der Waals surface area contributed by atoms with Crippen LogP contribution >= 0.6 is 11.3 Å². The van der Waals surface area contributed by atoms with Gasteiger partial charge in [-0.05, 0) is 20.8 Å². The summed E-state index contributed by atoms with van der Waals surface area (Å²) >= 11 is 1.19. The molecule has 0 aliphatic carbocycles. The summed E-state index contributed by atoms with van der Waals surface area (Å²) in [5.74, 6) is -1.23. The SMILES string of the molecule is CC(C)(C)N(CCC(=O)O)C(=O)c1csc(N)n1. The van der Waals surface area contributed by atoms with E-state index in [0.717, 1.165) is 0 Å². The third kappa shape index (κ3) is 3.69. The minimum Gasteiger partial charge on any atom is -0.481 e. The van der Waals surface area contributed by atoms with Crippen LogP contribution in [0.5, 0.6) is 0 Å². The van der Waals surface area contributed by atoms with Gasteiger partial charge in [-0.1, -0.05) is 0 Å². The molecule has 0 bridgehead atoms. The smallest absolute Gasteiger partial charge is 0.305 e.